The largest absolute Gasteiger partial charge is 0.375 e. The Hall–Kier alpha value is -0.980. The van der Waals surface area contributed by atoms with Gasteiger partial charge in [-0.3, -0.25) is 9.69 Å². The van der Waals surface area contributed by atoms with Gasteiger partial charge in [-0.1, -0.05) is 6.42 Å². The number of hydrogen-bond donors (Lipinski definition) is 0. The number of carbonyl (C=O) groups excluding carboxylic acids is 1. The summed E-state index contributed by atoms with van der Waals surface area (Å²) in [5.41, 5.74) is 1.12. The number of methoxy groups -OCH3 is 1. The first kappa shape index (κ1) is 16.5. The van der Waals surface area contributed by atoms with Gasteiger partial charge < -0.3 is 9.64 Å². The minimum absolute atomic E-state index is 0.0659. The lowest BCUT2D eigenvalue weighted by atomic mass is 10.1. The lowest BCUT2D eigenvalue weighted by Crippen LogP contribution is -2.49. The maximum Gasteiger partial charge on any atom is 0.226 e. The average Bonchev–Trinajstić information content (AvgIpc) is 2.97. The molecule has 3 atom stereocenters. The number of hydrogen-bond acceptors (Lipinski definition) is 5. The predicted octanol–water partition coefficient (Wildman–Crippen LogP) is 2.54. The Morgan fingerprint density at radius 2 is 2.04 bits per heavy atom. The van der Waals surface area contributed by atoms with Crippen LogP contribution in [-0.2, 0) is 16.1 Å². The number of rotatable bonds is 5. The molecular weight excluding hydrogens is 322 g/mol. The van der Waals surface area contributed by atoms with Gasteiger partial charge in [0.15, 0.2) is 0 Å². The van der Waals surface area contributed by atoms with Crippen molar-refractivity contribution in [1.29, 1.82) is 0 Å². The Kier molecular flexibility index (Phi) is 4.62. The van der Waals surface area contributed by atoms with Gasteiger partial charge in [-0.15, -0.1) is 11.3 Å². The van der Waals surface area contributed by atoms with Crippen molar-refractivity contribution in [3.63, 3.8) is 0 Å². The number of amides is 1. The first-order valence-corrected chi connectivity index (χ1v) is 10.0. The second-order valence-electron chi connectivity index (χ2n) is 7.44. The van der Waals surface area contributed by atoms with Crippen LogP contribution in [0.25, 0.3) is 0 Å². The van der Waals surface area contributed by atoms with Gasteiger partial charge >= 0.3 is 0 Å². The fourth-order valence-corrected chi connectivity index (χ4v) is 5.28. The van der Waals surface area contributed by atoms with Crippen molar-refractivity contribution < 1.29 is 9.53 Å². The van der Waals surface area contributed by atoms with E-state index < -0.39 is 0 Å². The van der Waals surface area contributed by atoms with Crippen LogP contribution in [0.1, 0.15) is 43.0 Å². The number of nitrogens with zero attached hydrogens (tertiary/aromatic N) is 3. The number of thiazole rings is 1. The monoisotopic (exact) mass is 349 g/mol. The summed E-state index contributed by atoms with van der Waals surface area (Å²) < 4.78 is 5.33. The summed E-state index contributed by atoms with van der Waals surface area (Å²) in [5.74, 6) is 2.27. The highest BCUT2D eigenvalue weighted by Crippen LogP contribution is 2.58. The fourth-order valence-electron chi connectivity index (χ4n) is 4.44. The molecule has 5 nitrogen and oxygen atoms in total. The molecule has 132 valence electrons. The van der Waals surface area contributed by atoms with E-state index in [0.29, 0.717) is 11.8 Å². The van der Waals surface area contributed by atoms with Crippen molar-refractivity contribution in [1.82, 2.24) is 14.8 Å². The zero-order valence-corrected chi connectivity index (χ0v) is 15.4. The highest BCUT2D eigenvalue weighted by molar-refractivity contribution is 7.09. The fraction of sp³-hybridized carbons (Fsp3) is 0.778. The van der Waals surface area contributed by atoms with E-state index in [0.717, 1.165) is 55.3 Å². The van der Waals surface area contributed by atoms with Crippen LogP contribution in [0.15, 0.2) is 5.38 Å². The summed E-state index contributed by atoms with van der Waals surface area (Å²) in [6.45, 7) is 6.57. The van der Waals surface area contributed by atoms with E-state index in [2.05, 4.69) is 20.2 Å². The molecular formula is C18H27N3O2S. The summed E-state index contributed by atoms with van der Waals surface area (Å²) in [6, 6.07) is 0. The van der Waals surface area contributed by atoms with Crippen LogP contribution >= 0.6 is 11.3 Å². The van der Waals surface area contributed by atoms with Crippen LogP contribution in [0.3, 0.4) is 0 Å². The Bertz CT molecular complexity index is 587. The molecule has 1 aliphatic heterocycles. The molecule has 6 heteroatoms. The molecule has 2 saturated carbocycles. The molecule has 0 bridgehead atoms. The van der Waals surface area contributed by atoms with Gasteiger partial charge in [0.2, 0.25) is 5.91 Å². The van der Waals surface area contributed by atoms with Gasteiger partial charge in [0.1, 0.15) is 11.1 Å². The van der Waals surface area contributed by atoms with Crippen molar-refractivity contribution in [2.45, 2.75) is 38.8 Å². The van der Waals surface area contributed by atoms with Crippen molar-refractivity contribution in [2.75, 3.05) is 33.3 Å². The summed E-state index contributed by atoms with van der Waals surface area (Å²) in [5, 5.41) is 3.18. The van der Waals surface area contributed by atoms with E-state index in [4.69, 9.17) is 4.74 Å². The highest BCUT2D eigenvalue weighted by Gasteiger charge is 2.57. The van der Waals surface area contributed by atoms with Crippen molar-refractivity contribution in [2.24, 2.45) is 17.8 Å². The molecule has 3 unspecified atom stereocenters. The minimum Gasteiger partial charge on any atom is -0.375 e. The number of carbonyl (C=O) groups is 1. The molecule has 1 saturated heterocycles. The zero-order valence-electron chi connectivity index (χ0n) is 14.6. The van der Waals surface area contributed by atoms with E-state index in [9.17, 15) is 4.79 Å². The molecule has 3 aliphatic rings. The van der Waals surface area contributed by atoms with Crippen LogP contribution in [0.5, 0.6) is 0 Å². The quantitative estimate of drug-likeness (QED) is 0.819. The van der Waals surface area contributed by atoms with Gasteiger partial charge in [0.25, 0.3) is 0 Å². The summed E-state index contributed by atoms with van der Waals surface area (Å²) in [4.78, 5) is 21.8. The number of piperazine rings is 1. The normalized spacial score (nSPS) is 31.1. The molecule has 1 aromatic heterocycles. The Morgan fingerprint density at radius 1 is 1.33 bits per heavy atom. The van der Waals surface area contributed by atoms with Crippen LogP contribution < -0.4 is 0 Å². The van der Waals surface area contributed by atoms with Gasteiger partial charge in [0.05, 0.1) is 5.69 Å². The van der Waals surface area contributed by atoms with Crippen molar-refractivity contribution in [3.8, 4) is 0 Å². The number of fused-ring (bicyclic) bond motifs is 1. The first-order valence-electron chi connectivity index (χ1n) is 9.15. The van der Waals surface area contributed by atoms with E-state index in [1.54, 1.807) is 18.4 Å². The summed E-state index contributed by atoms with van der Waals surface area (Å²) in [7, 11) is 1.72. The molecule has 0 aromatic carbocycles. The second kappa shape index (κ2) is 6.73. The van der Waals surface area contributed by atoms with Crippen LogP contribution in [0.4, 0.5) is 0 Å². The minimum atomic E-state index is 0.0659. The third-order valence-corrected chi connectivity index (χ3v) is 7.09. The lowest BCUT2D eigenvalue weighted by molar-refractivity contribution is -0.135. The molecule has 3 fully saturated rings. The molecule has 0 radical (unpaired) electrons. The van der Waals surface area contributed by atoms with E-state index >= 15 is 0 Å². The molecule has 0 N–H and O–H groups in total. The van der Waals surface area contributed by atoms with Gasteiger partial charge in [-0.05, 0) is 31.6 Å². The Balaban J connectivity index is 1.26. The van der Waals surface area contributed by atoms with E-state index in [1.165, 1.54) is 19.3 Å². The average molecular weight is 350 g/mol. The Labute approximate surface area is 148 Å². The zero-order chi connectivity index (χ0) is 16.7. The molecule has 24 heavy (non-hydrogen) atoms. The first-order chi connectivity index (χ1) is 11.7. The van der Waals surface area contributed by atoms with E-state index in [1.807, 2.05) is 6.92 Å². The standard InChI is InChI=1S/C18H27N3O2S/c1-12(23-2)17-19-13(11-24-17)10-20-6-8-21(9-7-20)18(22)16-14-4-3-5-15(14)16/h11-12,14-16H,3-10H2,1-2H3. The summed E-state index contributed by atoms with van der Waals surface area (Å²) >= 11 is 1.67. The SMILES string of the molecule is COC(C)c1nc(CN2CCN(C(=O)C3C4CCCC43)CC2)cs1. The lowest BCUT2D eigenvalue weighted by Gasteiger charge is -2.34. The van der Waals surface area contributed by atoms with Gasteiger partial charge in [-0.2, -0.15) is 0 Å². The van der Waals surface area contributed by atoms with E-state index in [-0.39, 0.29) is 6.10 Å². The predicted molar refractivity (Wildman–Crippen MR) is 93.7 cm³/mol. The van der Waals surface area contributed by atoms with Crippen LogP contribution in [0.2, 0.25) is 0 Å². The van der Waals surface area contributed by atoms with Gasteiger partial charge in [0, 0.05) is 51.1 Å². The van der Waals surface area contributed by atoms with Gasteiger partial charge in [-0.25, -0.2) is 4.98 Å². The number of aromatic nitrogens is 1. The van der Waals surface area contributed by atoms with Crippen LogP contribution in [-0.4, -0.2) is 54.0 Å². The van der Waals surface area contributed by atoms with Crippen molar-refractivity contribution in [3.05, 3.63) is 16.1 Å². The van der Waals surface area contributed by atoms with Crippen molar-refractivity contribution >= 4 is 17.2 Å². The van der Waals surface area contributed by atoms with Crippen LogP contribution in [0, 0.1) is 17.8 Å². The maximum atomic E-state index is 12.6. The molecule has 0 spiro atoms. The smallest absolute Gasteiger partial charge is 0.226 e. The second-order valence-corrected chi connectivity index (χ2v) is 8.33. The molecule has 2 aliphatic carbocycles. The molecule has 2 heterocycles. The molecule has 1 amide bonds. The third-order valence-electron chi connectivity index (χ3n) is 6.03. The Morgan fingerprint density at radius 3 is 2.71 bits per heavy atom. The molecule has 4 rings (SSSR count). The molecule has 1 aromatic rings. The topological polar surface area (TPSA) is 45.7 Å². The third kappa shape index (κ3) is 3.11. The number of ether oxygens (including phenoxy) is 1. The summed E-state index contributed by atoms with van der Waals surface area (Å²) in [6.07, 6.45) is 3.97. The highest BCUT2D eigenvalue weighted by atomic mass is 32.1. The maximum absolute atomic E-state index is 12.6.